The van der Waals surface area contributed by atoms with E-state index in [9.17, 15) is 0 Å². The average Bonchev–Trinajstić information content (AvgIpc) is 2.80. The molecule has 1 aliphatic rings. The van der Waals surface area contributed by atoms with Crippen molar-refractivity contribution in [2.75, 3.05) is 52.0 Å². The second kappa shape index (κ2) is 5.79. The molecule has 1 saturated heterocycles. The maximum atomic E-state index is 6.18. The van der Waals surface area contributed by atoms with E-state index in [4.69, 9.17) is 15.2 Å². The van der Waals surface area contributed by atoms with Gasteiger partial charge in [0.1, 0.15) is 0 Å². The molecule has 0 radical (unpaired) electrons. The Labute approximate surface area is 121 Å². The number of hydrogen-bond acceptors (Lipinski definition) is 5. The number of benzene rings is 1. The summed E-state index contributed by atoms with van der Waals surface area (Å²) in [6, 6.07) is 4.35. The first kappa shape index (κ1) is 14.8. The summed E-state index contributed by atoms with van der Waals surface area (Å²) in [5.41, 5.74) is 7.93. The van der Waals surface area contributed by atoms with Crippen LogP contribution < -0.4 is 20.1 Å². The number of nitrogens with two attached hydrogens (primary N) is 1. The Morgan fingerprint density at radius 3 is 2.25 bits per heavy atom. The van der Waals surface area contributed by atoms with Gasteiger partial charge in [0.2, 0.25) is 0 Å². The van der Waals surface area contributed by atoms with Crippen LogP contribution in [0.15, 0.2) is 12.1 Å². The lowest BCUT2D eigenvalue weighted by Gasteiger charge is -2.24. The molecule has 0 aliphatic carbocycles. The van der Waals surface area contributed by atoms with Gasteiger partial charge >= 0.3 is 0 Å². The van der Waals surface area contributed by atoms with Crippen LogP contribution in [0.1, 0.15) is 6.92 Å². The van der Waals surface area contributed by atoms with Crippen LogP contribution in [-0.2, 0) is 0 Å². The maximum Gasteiger partial charge on any atom is 0.162 e. The first-order valence-corrected chi connectivity index (χ1v) is 6.90. The molecule has 0 aromatic heterocycles. The molecular weight excluding hydrogens is 254 g/mol. The summed E-state index contributed by atoms with van der Waals surface area (Å²) in [5.74, 6) is 2.00. The summed E-state index contributed by atoms with van der Waals surface area (Å²) >= 11 is 0. The summed E-state index contributed by atoms with van der Waals surface area (Å²) in [6.07, 6.45) is 0. The zero-order valence-corrected chi connectivity index (χ0v) is 13.0. The zero-order chi connectivity index (χ0) is 14.9. The van der Waals surface area contributed by atoms with Gasteiger partial charge in [-0.15, -0.1) is 0 Å². The molecule has 5 nitrogen and oxygen atoms in total. The number of nitrogens with zero attached hydrogens (tertiary/aromatic N) is 2. The monoisotopic (exact) mass is 279 g/mol. The van der Waals surface area contributed by atoms with Crippen molar-refractivity contribution in [3.05, 3.63) is 12.1 Å². The molecule has 2 rings (SSSR count). The van der Waals surface area contributed by atoms with Crippen molar-refractivity contribution in [3.8, 4) is 11.5 Å². The second-order valence-corrected chi connectivity index (χ2v) is 5.68. The lowest BCUT2D eigenvalue weighted by atomic mass is 10.1. The van der Waals surface area contributed by atoms with Crippen LogP contribution in [0.4, 0.5) is 11.4 Å². The van der Waals surface area contributed by atoms with E-state index in [2.05, 4.69) is 30.8 Å². The highest BCUT2D eigenvalue weighted by Gasteiger charge is 2.32. The van der Waals surface area contributed by atoms with Crippen molar-refractivity contribution in [1.82, 2.24) is 4.90 Å². The van der Waals surface area contributed by atoms with E-state index in [1.165, 1.54) is 0 Å². The van der Waals surface area contributed by atoms with E-state index in [0.29, 0.717) is 17.7 Å². The van der Waals surface area contributed by atoms with Gasteiger partial charge in [-0.2, -0.15) is 0 Å². The third kappa shape index (κ3) is 2.63. The van der Waals surface area contributed by atoms with Gasteiger partial charge in [-0.1, -0.05) is 6.92 Å². The standard InChI is InChI=1S/C15H25N3O2/c1-10-8-18(9-13(10)17(2)3)12-7-15(20-5)14(19-4)6-11(12)16/h6-7,10,13H,8-9,16H2,1-5H3. The van der Waals surface area contributed by atoms with Gasteiger partial charge in [0.05, 0.1) is 25.6 Å². The van der Waals surface area contributed by atoms with Crippen molar-refractivity contribution in [2.45, 2.75) is 13.0 Å². The predicted octanol–water partition coefficient (Wildman–Crippen LogP) is 1.67. The lowest BCUT2D eigenvalue weighted by molar-refractivity contribution is 0.266. The van der Waals surface area contributed by atoms with E-state index >= 15 is 0 Å². The summed E-state index contributed by atoms with van der Waals surface area (Å²) in [5, 5.41) is 0. The third-order valence-electron chi connectivity index (χ3n) is 4.11. The highest BCUT2D eigenvalue weighted by Crippen LogP contribution is 2.38. The smallest absolute Gasteiger partial charge is 0.162 e. The van der Waals surface area contributed by atoms with Crippen LogP contribution >= 0.6 is 0 Å². The molecule has 1 aliphatic heterocycles. The van der Waals surface area contributed by atoms with Crippen LogP contribution in [0.2, 0.25) is 0 Å². The van der Waals surface area contributed by atoms with Crippen molar-refractivity contribution in [3.63, 3.8) is 0 Å². The Balaban J connectivity index is 2.30. The summed E-state index contributed by atoms with van der Waals surface area (Å²) in [7, 11) is 7.52. The summed E-state index contributed by atoms with van der Waals surface area (Å²) in [6.45, 7) is 4.26. The van der Waals surface area contributed by atoms with Crippen molar-refractivity contribution >= 4 is 11.4 Å². The van der Waals surface area contributed by atoms with Gasteiger partial charge in [0.15, 0.2) is 11.5 Å². The van der Waals surface area contributed by atoms with Gasteiger partial charge < -0.3 is 25.0 Å². The molecule has 2 unspecified atom stereocenters. The minimum atomic E-state index is 0.544. The molecule has 1 aromatic carbocycles. The summed E-state index contributed by atoms with van der Waals surface area (Å²) < 4.78 is 10.7. The van der Waals surface area contributed by atoms with Crippen LogP contribution in [0.5, 0.6) is 11.5 Å². The quantitative estimate of drug-likeness (QED) is 0.850. The first-order valence-electron chi connectivity index (χ1n) is 6.90. The molecule has 0 spiro atoms. The van der Waals surface area contributed by atoms with Crippen molar-refractivity contribution < 1.29 is 9.47 Å². The molecule has 0 saturated carbocycles. The first-order chi connectivity index (χ1) is 9.47. The normalized spacial score (nSPS) is 22.4. The zero-order valence-electron chi connectivity index (χ0n) is 13.0. The van der Waals surface area contributed by atoms with Crippen molar-refractivity contribution in [2.24, 2.45) is 5.92 Å². The largest absolute Gasteiger partial charge is 0.493 e. The maximum absolute atomic E-state index is 6.18. The van der Waals surface area contributed by atoms with Gasteiger partial charge in [-0.05, 0) is 20.0 Å². The molecule has 2 atom stereocenters. The van der Waals surface area contributed by atoms with Crippen molar-refractivity contribution in [1.29, 1.82) is 0 Å². The topological polar surface area (TPSA) is 51.0 Å². The summed E-state index contributed by atoms with van der Waals surface area (Å²) in [4.78, 5) is 4.61. The fourth-order valence-electron chi connectivity index (χ4n) is 2.98. The molecule has 0 amide bonds. The predicted molar refractivity (Wildman–Crippen MR) is 82.8 cm³/mol. The number of ether oxygens (including phenoxy) is 2. The van der Waals surface area contributed by atoms with E-state index in [0.717, 1.165) is 30.2 Å². The van der Waals surface area contributed by atoms with Crippen LogP contribution in [-0.4, -0.2) is 52.3 Å². The van der Waals surface area contributed by atoms with Crippen LogP contribution in [0.25, 0.3) is 0 Å². The Hall–Kier alpha value is -1.62. The van der Waals surface area contributed by atoms with Gasteiger partial charge in [-0.25, -0.2) is 0 Å². The average molecular weight is 279 g/mol. The highest BCUT2D eigenvalue weighted by molar-refractivity contribution is 5.73. The van der Waals surface area contributed by atoms with Gasteiger partial charge in [0, 0.05) is 31.3 Å². The molecule has 0 bridgehead atoms. The molecule has 5 heteroatoms. The molecular formula is C15H25N3O2. The van der Waals surface area contributed by atoms with Crippen LogP contribution in [0, 0.1) is 5.92 Å². The van der Waals surface area contributed by atoms with E-state index in [1.54, 1.807) is 14.2 Å². The molecule has 1 aromatic rings. The Morgan fingerprint density at radius 2 is 1.75 bits per heavy atom. The minimum Gasteiger partial charge on any atom is -0.493 e. The van der Waals surface area contributed by atoms with E-state index in [-0.39, 0.29) is 0 Å². The fourth-order valence-corrected chi connectivity index (χ4v) is 2.98. The second-order valence-electron chi connectivity index (χ2n) is 5.68. The van der Waals surface area contributed by atoms with E-state index in [1.807, 2.05) is 12.1 Å². The minimum absolute atomic E-state index is 0.544. The molecule has 1 fully saturated rings. The third-order valence-corrected chi connectivity index (χ3v) is 4.11. The molecule has 1 heterocycles. The van der Waals surface area contributed by atoms with Gasteiger partial charge in [-0.3, -0.25) is 0 Å². The van der Waals surface area contributed by atoms with Crippen LogP contribution in [0.3, 0.4) is 0 Å². The number of nitrogen functional groups attached to an aromatic ring is 1. The number of likely N-dealkylation sites (N-methyl/N-ethyl adjacent to an activating group) is 1. The van der Waals surface area contributed by atoms with Gasteiger partial charge in [0.25, 0.3) is 0 Å². The lowest BCUT2D eigenvalue weighted by Crippen LogP contribution is -2.34. The highest BCUT2D eigenvalue weighted by atomic mass is 16.5. The number of hydrogen-bond donors (Lipinski definition) is 1. The molecule has 20 heavy (non-hydrogen) atoms. The SMILES string of the molecule is COc1cc(N)c(N2CC(C)C(N(C)C)C2)cc1OC. The number of anilines is 2. The molecule has 2 N–H and O–H groups in total. The fraction of sp³-hybridized carbons (Fsp3) is 0.600. The number of rotatable bonds is 4. The Morgan fingerprint density at radius 1 is 1.15 bits per heavy atom. The van der Waals surface area contributed by atoms with E-state index < -0.39 is 0 Å². The molecule has 112 valence electrons. The Kier molecular flexibility index (Phi) is 4.28. The Bertz CT molecular complexity index is 476. The number of methoxy groups -OCH3 is 2.